The molecule has 0 spiro atoms. The number of halogens is 2. The number of rotatable bonds is 6. The van der Waals surface area contributed by atoms with Gasteiger partial charge in [-0.25, -0.2) is 4.98 Å². The monoisotopic (exact) mass is 566 g/mol. The molecule has 3 N–H and O–H groups in total. The molecule has 0 atom stereocenters. The summed E-state index contributed by atoms with van der Waals surface area (Å²) in [7, 11) is 0. The second kappa shape index (κ2) is 11.7. The van der Waals surface area contributed by atoms with E-state index in [1.807, 2.05) is 31.2 Å². The van der Waals surface area contributed by atoms with Gasteiger partial charge in [0.25, 0.3) is 0 Å². The Morgan fingerprint density at radius 1 is 1.25 bits per heavy atom. The highest BCUT2D eigenvalue weighted by molar-refractivity contribution is 14.0. The van der Waals surface area contributed by atoms with Crippen molar-refractivity contribution in [3.05, 3.63) is 58.9 Å². The number of aromatic nitrogens is 2. The third kappa shape index (κ3) is 6.28. The number of nitrogens with one attached hydrogen (secondary N) is 3. The van der Waals surface area contributed by atoms with Gasteiger partial charge in [0.05, 0.1) is 0 Å². The second-order valence-corrected chi connectivity index (χ2v) is 8.49. The van der Waals surface area contributed by atoms with E-state index in [2.05, 4.69) is 50.8 Å². The zero-order valence-corrected chi connectivity index (χ0v) is 21.8. The lowest BCUT2D eigenvalue weighted by atomic mass is 10.1. The Morgan fingerprint density at radius 3 is 2.81 bits per heavy atom. The SMILES string of the molecule is CCNC(=NCCc1c[nH]c2ccc(Cl)cc12)NC1CCN(c2cccc(C)n2)CC1.I. The van der Waals surface area contributed by atoms with E-state index >= 15 is 0 Å². The van der Waals surface area contributed by atoms with E-state index in [9.17, 15) is 0 Å². The minimum Gasteiger partial charge on any atom is -0.361 e. The fourth-order valence-electron chi connectivity index (χ4n) is 4.12. The van der Waals surface area contributed by atoms with Crippen LogP contribution in [0.5, 0.6) is 0 Å². The second-order valence-electron chi connectivity index (χ2n) is 8.06. The van der Waals surface area contributed by atoms with Crippen LogP contribution in [-0.2, 0) is 6.42 Å². The number of aliphatic imine (C=N–C) groups is 1. The van der Waals surface area contributed by atoms with Crippen molar-refractivity contribution in [2.45, 2.75) is 39.2 Å². The van der Waals surface area contributed by atoms with Crippen molar-refractivity contribution in [1.82, 2.24) is 20.6 Å². The molecule has 1 fully saturated rings. The maximum Gasteiger partial charge on any atom is 0.191 e. The van der Waals surface area contributed by atoms with E-state index in [-0.39, 0.29) is 24.0 Å². The van der Waals surface area contributed by atoms with E-state index in [1.165, 1.54) is 10.9 Å². The molecule has 0 unspecified atom stereocenters. The number of anilines is 1. The molecule has 1 saturated heterocycles. The lowest BCUT2D eigenvalue weighted by Crippen LogP contribution is -2.49. The van der Waals surface area contributed by atoms with Gasteiger partial charge in [-0.2, -0.15) is 0 Å². The summed E-state index contributed by atoms with van der Waals surface area (Å²) >= 11 is 6.17. The van der Waals surface area contributed by atoms with E-state index in [4.69, 9.17) is 16.6 Å². The van der Waals surface area contributed by atoms with Gasteiger partial charge in [-0.3, -0.25) is 4.99 Å². The Morgan fingerprint density at radius 2 is 2.06 bits per heavy atom. The number of guanidine groups is 1. The Bertz CT molecular complexity index is 1040. The third-order valence-corrected chi connectivity index (χ3v) is 5.99. The number of piperidine rings is 1. The number of nitrogens with zero attached hydrogens (tertiary/aromatic N) is 3. The Labute approximate surface area is 212 Å². The molecular weight excluding hydrogens is 535 g/mol. The molecule has 0 bridgehead atoms. The molecule has 0 saturated carbocycles. The Balaban J connectivity index is 0.00000289. The number of fused-ring (bicyclic) bond motifs is 1. The number of hydrogen-bond acceptors (Lipinski definition) is 3. The predicted molar refractivity (Wildman–Crippen MR) is 146 cm³/mol. The molecule has 1 aliphatic heterocycles. The first kappa shape index (κ1) is 24.6. The fraction of sp³-hybridized carbons (Fsp3) is 0.417. The fourth-order valence-corrected chi connectivity index (χ4v) is 4.29. The highest BCUT2D eigenvalue weighted by Crippen LogP contribution is 2.23. The van der Waals surface area contributed by atoms with Crippen molar-refractivity contribution >= 4 is 58.3 Å². The Hall–Kier alpha value is -2.00. The number of aromatic amines is 1. The zero-order valence-electron chi connectivity index (χ0n) is 18.7. The summed E-state index contributed by atoms with van der Waals surface area (Å²) in [6.07, 6.45) is 5.07. The highest BCUT2D eigenvalue weighted by Gasteiger charge is 2.21. The van der Waals surface area contributed by atoms with Crippen LogP contribution in [0.4, 0.5) is 5.82 Å². The maximum absolute atomic E-state index is 6.17. The molecule has 6 nitrogen and oxygen atoms in total. The van der Waals surface area contributed by atoms with Gasteiger partial charge in [0.15, 0.2) is 5.96 Å². The molecule has 32 heavy (non-hydrogen) atoms. The number of hydrogen-bond donors (Lipinski definition) is 3. The lowest BCUT2D eigenvalue weighted by Gasteiger charge is -2.34. The number of pyridine rings is 1. The first-order valence-corrected chi connectivity index (χ1v) is 11.5. The molecule has 4 rings (SSSR count). The van der Waals surface area contributed by atoms with Crippen LogP contribution in [0, 0.1) is 6.92 Å². The predicted octanol–water partition coefficient (Wildman–Crippen LogP) is 4.91. The van der Waals surface area contributed by atoms with Gasteiger partial charge >= 0.3 is 0 Å². The van der Waals surface area contributed by atoms with Gasteiger partial charge in [-0.15, -0.1) is 24.0 Å². The van der Waals surface area contributed by atoms with Crippen LogP contribution in [-0.4, -0.2) is 48.1 Å². The van der Waals surface area contributed by atoms with Gasteiger partial charge in [0.2, 0.25) is 0 Å². The summed E-state index contributed by atoms with van der Waals surface area (Å²) in [4.78, 5) is 15.2. The van der Waals surface area contributed by atoms with Crippen molar-refractivity contribution in [1.29, 1.82) is 0 Å². The summed E-state index contributed by atoms with van der Waals surface area (Å²) in [6, 6.07) is 12.6. The molecular formula is C24H32ClIN6. The molecule has 1 aromatic carbocycles. The summed E-state index contributed by atoms with van der Waals surface area (Å²) in [6.45, 7) is 7.72. The molecule has 3 heterocycles. The first-order chi connectivity index (χ1) is 15.1. The van der Waals surface area contributed by atoms with Crippen LogP contribution < -0.4 is 15.5 Å². The number of aryl methyl sites for hydroxylation is 1. The van der Waals surface area contributed by atoms with Gasteiger partial charge in [-0.05, 0) is 69.0 Å². The summed E-state index contributed by atoms with van der Waals surface area (Å²) in [5.74, 6) is 1.98. The normalized spacial score (nSPS) is 15.0. The summed E-state index contributed by atoms with van der Waals surface area (Å²) < 4.78 is 0. The number of benzene rings is 1. The topological polar surface area (TPSA) is 68.3 Å². The average Bonchev–Trinajstić information content (AvgIpc) is 3.16. The minimum atomic E-state index is 0. The van der Waals surface area contributed by atoms with Gasteiger partial charge in [0, 0.05) is 60.0 Å². The van der Waals surface area contributed by atoms with Crippen molar-refractivity contribution in [3.8, 4) is 0 Å². The first-order valence-electron chi connectivity index (χ1n) is 11.1. The van der Waals surface area contributed by atoms with E-state index in [0.29, 0.717) is 6.04 Å². The molecule has 0 amide bonds. The van der Waals surface area contributed by atoms with Gasteiger partial charge in [-0.1, -0.05) is 17.7 Å². The largest absolute Gasteiger partial charge is 0.361 e. The van der Waals surface area contributed by atoms with Crippen molar-refractivity contribution in [2.75, 3.05) is 31.1 Å². The quantitative estimate of drug-likeness (QED) is 0.225. The van der Waals surface area contributed by atoms with Crippen molar-refractivity contribution in [3.63, 3.8) is 0 Å². The van der Waals surface area contributed by atoms with Gasteiger partial charge in [0.1, 0.15) is 5.82 Å². The van der Waals surface area contributed by atoms with E-state index in [0.717, 1.165) is 73.5 Å². The van der Waals surface area contributed by atoms with Gasteiger partial charge < -0.3 is 20.5 Å². The van der Waals surface area contributed by atoms with E-state index in [1.54, 1.807) is 0 Å². The molecule has 0 radical (unpaired) electrons. The third-order valence-electron chi connectivity index (χ3n) is 5.76. The lowest BCUT2D eigenvalue weighted by molar-refractivity contribution is 0.459. The van der Waals surface area contributed by atoms with Crippen LogP contribution in [0.1, 0.15) is 31.0 Å². The van der Waals surface area contributed by atoms with Crippen LogP contribution in [0.3, 0.4) is 0 Å². The minimum absolute atomic E-state index is 0. The molecule has 3 aromatic rings. The van der Waals surface area contributed by atoms with Crippen molar-refractivity contribution < 1.29 is 0 Å². The zero-order chi connectivity index (χ0) is 21.6. The highest BCUT2D eigenvalue weighted by atomic mass is 127. The van der Waals surface area contributed by atoms with E-state index < -0.39 is 0 Å². The van der Waals surface area contributed by atoms with Crippen LogP contribution >= 0.6 is 35.6 Å². The summed E-state index contributed by atoms with van der Waals surface area (Å²) in [5.41, 5.74) is 3.43. The molecule has 1 aliphatic rings. The van der Waals surface area contributed by atoms with Crippen LogP contribution in [0.15, 0.2) is 47.6 Å². The summed E-state index contributed by atoms with van der Waals surface area (Å²) in [5, 5.41) is 8.96. The molecule has 0 aliphatic carbocycles. The smallest absolute Gasteiger partial charge is 0.191 e. The van der Waals surface area contributed by atoms with Crippen LogP contribution in [0.25, 0.3) is 10.9 Å². The molecule has 172 valence electrons. The van der Waals surface area contributed by atoms with Crippen molar-refractivity contribution in [2.24, 2.45) is 4.99 Å². The maximum atomic E-state index is 6.17. The molecule has 2 aromatic heterocycles. The molecule has 8 heteroatoms. The average molecular weight is 567 g/mol. The van der Waals surface area contributed by atoms with Crippen LogP contribution in [0.2, 0.25) is 5.02 Å². The Kier molecular flexibility index (Phi) is 9.04. The number of H-pyrrole nitrogens is 1. The standard InChI is InChI=1S/C24H31ClN6.HI/c1-3-26-24(27-12-9-18-16-28-22-8-7-19(25)15-21(18)22)30-20-10-13-31(14-11-20)23-6-4-5-17(2)29-23;/h4-8,15-16,20,28H,3,9-14H2,1-2H3,(H2,26,27,30);1H.